The van der Waals surface area contributed by atoms with Crippen molar-refractivity contribution in [2.24, 2.45) is 0 Å². The fourth-order valence-electron chi connectivity index (χ4n) is 1.40. The van der Waals surface area contributed by atoms with Gasteiger partial charge in [0.15, 0.2) is 0 Å². The molecule has 0 amide bonds. The van der Waals surface area contributed by atoms with Gasteiger partial charge in [-0.3, -0.25) is 4.79 Å². The van der Waals surface area contributed by atoms with Gasteiger partial charge in [0.2, 0.25) is 0 Å². The van der Waals surface area contributed by atoms with Crippen LogP contribution in [0.25, 0.3) is 0 Å². The zero-order valence-electron chi connectivity index (χ0n) is 11.6. The largest absolute Gasteiger partial charge is 0.469 e. The maximum atomic E-state index is 10.9. The smallest absolute Gasteiger partial charge is 0.305 e. The molecule has 0 fully saturated rings. The zero-order valence-corrected chi connectivity index (χ0v) is 11.6. The number of hydrogen-bond acceptors (Lipinski definition) is 3. The average molecular weight is 252 g/mol. The minimum atomic E-state index is -0.167. The van der Waals surface area contributed by atoms with E-state index < -0.39 is 0 Å². The second-order valence-corrected chi connectivity index (χ2v) is 3.86. The summed E-state index contributed by atoms with van der Waals surface area (Å²) in [5.41, 5.74) is 0. The lowest BCUT2D eigenvalue weighted by Crippen LogP contribution is -2.08. The monoisotopic (exact) mass is 252 g/mol. The molecule has 0 aromatic carbocycles. The van der Waals surface area contributed by atoms with Crippen molar-refractivity contribution >= 4 is 5.97 Å². The lowest BCUT2D eigenvalue weighted by atomic mass is 10.1. The van der Waals surface area contributed by atoms with Crippen LogP contribution in [0.5, 0.6) is 0 Å². The highest BCUT2D eigenvalue weighted by atomic mass is 16.5. The van der Waals surface area contributed by atoms with Crippen molar-refractivity contribution < 1.29 is 14.3 Å². The Morgan fingerprint density at radius 2 is 2.00 bits per heavy atom. The predicted octanol–water partition coefficient (Wildman–Crippen LogP) is 3.42. The van der Waals surface area contributed by atoms with Gasteiger partial charge in [0.25, 0.3) is 0 Å². The van der Waals surface area contributed by atoms with Crippen LogP contribution in [0.4, 0.5) is 0 Å². The topological polar surface area (TPSA) is 35.5 Å². The van der Waals surface area contributed by atoms with E-state index in [9.17, 15) is 4.79 Å². The van der Waals surface area contributed by atoms with Gasteiger partial charge in [-0.15, -0.1) is 0 Å². The van der Waals surface area contributed by atoms with Crippen molar-refractivity contribution in [3.8, 4) is 0 Å². The number of ether oxygens (including phenoxy) is 2. The van der Waals surface area contributed by atoms with E-state index in [-0.39, 0.29) is 12.1 Å². The summed E-state index contributed by atoms with van der Waals surface area (Å²) in [6.45, 7) is 2.01. The Balaban J connectivity index is 3.84. The number of rotatable bonds is 9. The highest BCUT2D eigenvalue weighted by molar-refractivity contribution is 5.68. The van der Waals surface area contributed by atoms with Crippen LogP contribution in [0.1, 0.15) is 32.6 Å². The Labute approximate surface area is 110 Å². The number of allylic oxidation sites excluding steroid dienone is 5. The number of carbonyl (C=O) groups excluding carboxylic acids is 1. The molecule has 0 saturated carbocycles. The molecule has 0 aromatic rings. The first-order valence-corrected chi connectivity index (χ1v) is 6.28. The maximum Gasteiger partial charge on any atom is 0.305 e. The molecule has 0 radical (unpaired) electrons. The van der Waals surface area contributed by atoms with E-state index >= 15 is 0 Å². The van der Waals surface area contributed by atoms with Crippen LogP contribution in [0.3, 0.4) is 0 Å². The standard InChI is InChI=1S/C15H24O3/c1-4-5-6-7-8-9-11-14(17-2)12-10-13-15(16)18-3/h4-5,7-9,11,14H,6,10,12-13H2,1-3H3. The van der Waals surface area contributed by atoms with Crippen molar-refractivity contribution in [2.75, 3.05) is 14.2 Å². The molecule has 18 heavy (non-hydrogen) atoms. The molecule has 0 bridgehead atoms. The minimum Gasteiger partial charge on any atom is -0.469 e. The van der Waals surface area contributed by atoms with Crippen molar-refractivity contribution in [1.82, 2.24) is 0 Å². The van der Waals surface area contributed by atoms with E-state index in [4.69, 9.17) is 4.74 Å². The molecule has 0 rings (SSSR count). The Hall–Kier alpha value is -1.35. The minimum absolute atomic E-state index is 0.0565. The van der Waals surface area contributed by atoms with Crippen LogP contribution in [0.15, 0.2) is 36.5 Å². The number of methoxy groups -OCH3 is 2. The number of hydrogen-bond donors (Lipinski definition) is 0. The normalized spacial score (nSPS) is 13.7. The molecular formula is C15H24O3. The zero-order chi connectivity index (χ0) is 13.6. The Bertz CT molecular complexity index is 290. The Morgan fingerprint density at radius 1 is 1.22 bits per heavy atom. The van der Waals surface area contributed by atoms with Crippen molar-refractivity contribution in [3.05, 3.63) is 36.5 Å². The average Bonchev–Trinajstić information content (AvgIpc) is 2.40. The predicted molar refractivity (Wildman–Crippen MR) is 74.4 cm³/mol. The van der Waals surface area contributed by atoms with Gasteiger partial charge in [-0.25, -0.2) is 0 Å². The molecule has 1 atom stereocenters. The molecule has 0 N–H and O–H groups in total. The summed E-state index contributed by atoms with van der Waals surface area (Å²) in [5.74, 6) is -0.167. The molecule has 102 valence electrons. The SMILES string of the molecule is CC=CCC=CC=CC(CCCC(=O)OC)OC. The molecule has 0 aliphatic heterocycles. The lowest BCUT2D eigenvalue weighted by Gasteiger charge is -2.09. The third kappa shape index (κ3) is 9.85. The first-order valence-electron chi connectivity index (χ1n) is 6.28. The van der Waals surface area contributed by atoms with Gasteiger partial charge < -0.3 is 9.47 Å². The molecule has 1 unspecified atom stereocenters. The number of esters is 1. The van der Waals surface area contributed by atoms with Gasteiger partial charge in [-0.1, -0.05) is 36.5 Å². The van der Waals surface area contributed by atoms with Crippen molar-refractivity contribution in [1.29, 1.82) is 0 Å². The molecule has 3 nitrogen and oxygen atoms in total. The van der Waals surface area contributed by atoms with Gasteiger partial charge >= 0.3 is 5.97 Å². The quantitative estimate of drug-likeness (QED) is 0.358. The number of carbonyl (C=O) groups is 1. The van der Waals surface area contributed by atoms with Crippen LogP contribution in [-0.4, -0.2) is 26.3 Å². The Morgan fingerprint density at radius 3 is 2.61 bits per heavy atom. The summed E-state index contributed by atoms with van der Waals surface area (Å²) in [4.78, 5) is 10.9. The van der Waals surface area contributed by atoms with E-state index in [2.05, 4.69) is 16.9 Å². The van der Waals surface area contributed by atoms with Gasteiger partial charge in [0.05, 0.1) is 13.2 Å². The van der Waals surface area contributed by atoms with Gasteiger partial charge in [0, 0.05) is 13.5 Å². The third-order valence-corrected chi connectivity index (χ3v) is 2.48. The fourth-order valence-corrected chi connectivity index (χ4v) is 1.40. The van der Waals surface area contributed by atoms with E-state index in [0.29, 0.717) is 6.42 Å². The molecule has 0 saturated heterocycles. The maximum absolute atomic E-state index is 10.9. The summed E-state index contributed by atoms with van der Waals surface area (Å²) >= 11 is 0. The highest BCUT2D eigenvalue weighted by Gasteiger charge is 2.05. The third-order valence-electron chi connectivity index (χ3n) is 2.48. The first-order chi connectivity index (χ1) is 8.74. The molecule has 0 aliphatic rings. The summed E-state index contributed by atoms with van der Waals surface area (Å²) in [7, 11) is 3.09. The van der Waals surface area contributed by atoms with E-state index in [1.54, 1.807) is 7.11 Å². The molecule has 0 heterocycles. The molecular weight excluding hydrogens is 228 g/mol. The molecule has 0 aromatic heterocycles. The molecule has 0 aliphatic carbocycles. The van der Waals surface area contributed by atoms with E-state index in [1.165, 1.54) is 7.11 Å². The fraction of sp³-hybridized carbons (Fsp3) is 0.533. The van der Waals surface area contributed by atoms with Gasteiger partial charge in [-0.05, 0) is 26.2 Å². The van der Waals surface area contributed by atoms with Crippen molar-refractivity contribution in [2.45, 2.75) is 38.7 Å². The van der Waals surface area contributed by atoms with Gasteiger partial charge in [0.1, 0.15) is 0 Å². The molecule has 3 heteroatoms. The van der Waals surface area contributed by atoms with E-state index in [0.717, 1.165) is 19.3 Å². The second-order valence-electron chi connectivity index (χ2n) is 3.86. The van der Waals surface area contributed by atoms with Crippen molar-refractivity contribution in [3.63, 3.8) is 0 Å². The van der Waals surface area contributed by atoms with Crippen LogP contribution < -0.4 is 0 Å². The van der Waals surface area contributed by atoms with Crippen LogP contribution in [0.2, 0.25) is 0 Å². The van der Waals surface area contributed by atoms with Crippen LogP contribution >= 0.6 is 0 Å². The first kappa shape index (κ1) is 16.6. The summed E-state index contributed by atoms with van der Waals surface area (Å²) in [6, 6.07) is 0. The lowest BCUT2D eigenvalue weighted by molar-refractivity contribution is -0.140. The molecule has 0 spiro atoms. The van der Waals surface area contributed by atoms with Gasteiger partial charge in [-0.2, -0.15) is 0 Å². The van der Waals surface area contributed by atoms with Crippen LogP contribution in [0, 0.1) is 0 Å². The highest BCUT2D eigenvalue weighted by Crippen LogP contribution is 2.06. The van der Waals surface area contributed by atoms with E-state index in [1.807, 2.05) is 31.2 Å². The summed E-state index contributed by atoms with van der Waals surface area (Å²) in [6.07, 6.45) is 15.2. The second kappa shape index (κ2) is 12.1. The summed E-state index contributed by atoms with van der Waals surface area (Å²) in [5, 5.41) is 0. The Kier molecular flexibility index (Phi) is 11.2. The van der Waals surface area contributed by atoms with Crippen LogP contribution in [-0.2, 0) is 14.3 Å². The summed E-state index contributed by atoms with van der Waals surface area (Å²) < 4.78 is 9.89.